The molecule has 4 heteroatoms. The lowest BCUT2D eigenvalue weighted by molar-refractivity contribution is 1.12. The highest BCUT2D eigenvalue weighted by Gasteiger charge is 1.97. The molecule has 0 aromatic carbocycles. The summed E-state index contributed by atoms with van der Waals surface area (Å²) in [5, 5.41) is 0. The van der Waals surface area contributed by atoms with Gasteiger partial charge in [0.25, 0.3) is 0 Å². The van der Waals surface area contributed by atoms with Gasteiger partial charge >= 0.3 is 0 Å². The first-order valence-corrected chi connectivity index (χ1v) is 3.15. The van der Waals surface area contributed by atoms with E-state index in [-0.39, 0.29) is 0 Å². The lowest BCUT2D eigenvalue weighted by Crippen LogP contribution is -1.85. The zero-order valence-corrected chi connectivity index (χ0v) is 5.65. The molecule has 0 unspecified atom stereocenters. The highest BCUT2D eigenvalue weighted by molar-refractivity contribution is 5.46. The van der Waals surface area contributed by atoms with Gasteiger partial charge in [-0.3, -0.25) is 0 Å². The lowest BCUT2D eigenvalue weighted by atomic mass is 10.4. The molecule has 0 spiro atoms. The maximum atomic E-state index is 4.02. The maximum Gasteiger partial charge on any atom is 0.198 e. The Kier molecular flexibility index (Phi) is 1.37. The largest absolute Gasteiger partial charge is 0.343 e. The summed E-state index contributed by atoms with van der Waals surface area (Å²) in [7, 11) is 0. The van der Waals surface area contributed by atoms with E-state index in [1.807, 2.05) is 0 Å². The minimum Gasteiger partial charge on any atom is -0.343 e. The van der Waals surface area contributed by atoms with Crippen LogP contribution in [0.15, 0.2) is 24.7 Å². The Morgan fingerprint density at radius 3 is 3.00 bits per heavy atom. The molecule has 11 heavy (non-hydrogen) atoms. The first kappa shape index (κ1) is 6.03. The third-order valence-corrected chi connectivity index (χ3v) is 1.28. The molecule has 1 N–H and O–H groups in total. The second kappa shape index (κ2) is 2.49. The molecule has 2 aromatic heterocycles. The third-order valence-electron chi connectivity index (χ3n) is 1.28. The number of nitrogens with one attached hydrogen (secondary N) is 1. The standard InChI is InChI=1S/C7H5N4/c1-2-8-5-11-6(1)7-9-3-4-10-7/h1-4H,(H,9,10). The quantitative estimate of drug-likeness (QED) is 0.641. The second-order valence-corrected chi connectivity index (χ2v) is 1.98. The van der Waals surface area contributed by atoms with Gasteiger partial charge in [0.2, 0.25) is 0 Å². The lowest BCUT2D eigenvalue weighted by Gasteiger charge is -1.90. The zero-order valence-electron chi connectivity index (χ0n) is 5.65. The molecule has 2 aromatic rings. The van der Waals surface area contributed by atoms with Crippen molar-refractivity contribution in [1.82, 2.24) is 19.9 Å². The monoisotopic (exact) mass is 145 g/mol. The van der Waals surface area contributed by atoms with Crippen molar-refractivity contribution in [2.24, 2.45) is 0 Å². The first-order chi connectivity index (χ1) is 5.47. The molecule has 53 valence electrons. The van der Waals surface area contributed by atoms with Crippen molar-refractivity contribution >= 4 is 0 Å². The van der Waals surface area contributed by atoms with Crippen LogP contribution >= 0.6 is 0 Å². The minimum absolute atomic E-state index is 0.739. The Morgan fingerprint density at radius 2 is 2.36 bits per heavy atom. The molecule has 2 rings (SSSR count). The molecule has 0 aliphatic carbocycles. The fourth-order valence-electron chi connectivity index (χ4n) is 0.798. The smallest absolute Gasteiger partial charge is 0.198 e. The van der Waals surface area contributed by atoms with Crippen molar-refractivity contribution in [3.63, 3.8) is 0 Å². The van der Waals surface area contributed by atoms with E-state index in [9.17, 15) is 0 Å². The van der Waals surface area contributed by atoms with Crippen molar-refractivity contribution < 1.29 is 0 Å². The van der Waals surface area contributed by atoms with Gasteiger partial charge in [-0.15, -0.1) is 0 Å². The number of nitrogens with zero attached hydrogens (tertiary/aromatic N) is 3. The molecule has 1 radical (unpaired) electrons. The van der Waals surface area contributed by atoms with Gasteiger partial charge in [-0.2, -0.15) is 0 Å². The summed E-state index contributed by atoms with van der Waals surface area (Å²) >= 11 is 0. The van der Waals surface area contributed by atoms with Crippen molar-refractivity contribution in [3.05, 3.63) is 31.0 Å². The van der Waals surface area contributed by atoms with Crippen LogP contribution in [0.4, 0.5) is 0 Å². The fraction of sp³-hybridized carbons (Fsp3) is 0. The van der Waals surface area contributed by atoms with Gasteiger partial charge in [-0.25, -0.2) is 15.0 Å². The number of hydrogen-bond acceptors (Lipinski definition) is 3. The SMILES string of the molecule is [c]1nccc(-c2ncc[nH]2)n1. The van der Waals surface area contributed by atoms with Gasteiger partial charge < -0.3 is 4.98 Å². The van der Waals surface area contributed by atoms with Crippen LogP contribution in [0.25, 0.3) is 11.5 Å². The van der Waals surface area contributed by atoms with E-state index in [1.54, 1.807) is 24.7 Å². The molecule has 0 saturated heterocycles. The fourth-order valence-corrected chi connectivity index (χ4v) is 0.798. The van der Waals surface area contributed by atoms with E-state index < -0.39 is 0 Å². The Labute approximate surface area is 63.4 Å². The summed E-state index contributed by atoms with van der Waals surface area (Å²) in [4.78, 5) is 14.5. The van der Waals surface area contributed by atoms with E-state index in [4.69, 9.17) is 0 Å². The van der Waals surface area contributed by atoms with Gasteiger partial charge in [-0.05, 0) is 6.07 Å². The van der Waals surface area contributed by atoms with E-state index in [2.05, 4.69) is 26.3 Å². The van der Waals surface area contributed by atoms with Gasteiger partial charge in [-0.1, -0.05) is 0 Å². The molecule has 0 bridgehead atoms. The van der Waals surface area contributed by atoms with Gasteiger partial charge in [0.05, 0.1) is 0 Å². The predicted octanol–water partition coefficient (Wildman–Crippen LogP) is 0.667. The van der Waals surface area contributed by atoms with E-state index in [0.717, 1.165) is 11.5 Å². The predicted molar refractivity (Wildman–Crippen MR) is 38.4 cm³/mol. The Bertz CT molecular complexity index is 313. The number of aromatic nitrogens is 4. The Hall–Kier alpha value is -1.71. The number of imidazole rings is 1. The third kappa shape index (κ3) is 1.10. The molecule has 0 amide bonds. The molecule has 4 nitrogen and oxygen atoms in total. The number of hydrogen-bond donors (Lipinski definition) is 1. The van der Waals surface area contributed by atoms with Gasteiger partial charge in [0.1, 0.15) is 5.69 Å². The number of rotatable bonds is 1. The van der Waals surface area contributed by atoms with Crippen LogP contribution in [0.3, 0.4) is 0 Å². The van der Waals surface area contributed by atoms with Crippen LogP contribution in [0.5, 0.6) is 0 Å². The second-order valence-electron chi connectivity index (χ2n) is 1.98. The van der Waals surface area contributed by atoms with Crippen molar-refractivity contribution in [1.29, 1.82) is 0 Å². The van der Waals surface area contributed by atoms with Crippen molar-refractivity contribution in [3.8, 4) is 11.5 Å². The Morgan fingerprint density at radius 1 is 1.36 bits per heavy atom. The summed E-state index contributed by atoms with van der Waals surface area (Å²) in [6.45, 7) is 0. The number of H-pyrrole nitrogens is 1. The summed E-state index contributed by atoms with van der Waals surface area (Å²) in [6.07, 6.45) is 7.54. The summed E-state index contributed by atoms with van der Waals surface area (Å²) in [6, 6.07) is 1.77. The number of aromatic amines is 1. The zero-order chi connectivity index (χ0) is 7.52. The van der Waals surface area contributed by atoms with E-state index >= 15 is 0 Å². The molecule has 0 aliphatic heterocycles. The van der Waals surface area contributed by atoms with Gasteiger partial charge in [0.15, 0.2) is 12.2 Å². The molecule has 0 aliphatic rings. The van der Waals surface area contributed by atoms with Crippen molar-refractivity contribution in [2.75, 3.05) is 0 Å². The van der Waals surface area contributed by atoms with Crippen LogP contribution < -0.4 is 0 Å². The average molecular weight is 145 g/mol. The highest BCUT2D eigenvalue weighted by Crippen LogP contribution is 2.06. The van der Waals surface area contributed by atoms with E-state index in [0.29, 0.717) is 0 Å². The summed E-state index contributed by atoms with van der Waals surface area (Å²) in [5.74, 6) is 0.739. The topological polar surface area (TPSA) is 54.5 Å². The minimum atomic E-state index is 0.739. The van der Waals surface area contributed by atoms with Crippen LogP contribution in [-0.2, 0) is 0 Å². The first-order valence-electron chi connectivity index (χ1n) is 3.15. The highest BCUT2D eigenvalue weighted by atomic mass is 14.9. The molecule has 0 atom stereocenters. The van der Waals surface area contributed by atoms with Gasteiger partial charge in [0, 0.05) is 18.6 Å². The average Bonchev–Trinajstić information content (AvgIpc) is 2.58. The maximum absolute atomic E-state index is 4.02. The molecule has 0 saturated carbocycles. The molecular weight excluding hydrogens is 140 g/mol. The molecule has 0 fully saturated rings. The van der Waals surface area contributed by atoms with Crippen LogP contribution in [0.1, 0.15) is 0 Å². The Balaban J connectivity index is 2.46. The molecular formula is C7H5N4. The van der Waals surface area contributed by atoms with Crippen molar-refractivity contribution in [2.45, 2.75) is 0 Å². The van der Waals surface area contributed by atoms with Crippen LogP contribution in [0.2, 0.25) is 0 Å². The molecule has 2 heterocycles. The summed E-state index contributed by atoms with van der Waals surface area (Å²) in [5.41, 5.74) is 0.755. The normalized spacial score (nSPS) is 9.82. The van der Waals surface area contributed by atoms with Crippen LogP contribution in [-0.4, -0.2) is 19.9 Å². The summed E-state index contributed by atoms with van der Waals surface area (Å²) < 4.78 is 0. The van der Waals surface area contributed by atoms with E-state index in [1.165, 1.54) is 0 Å². The van der Waals surface area contributed by atoms with Crippen LogP contribution in [0, 0.1) is 6.33 Å².